The molecule has 0 aliphatic rings. The molecular formula is C17H16N4O. The zero-order valence-corrected chi connectivity index (χ0v) is 12.4. The molecule has 0 fully saturated rings. The maximum absolute atomic E-state index is 5.35. The summed E-state index contributed by atoms with van der Waals surface area (Å²) in [4.78, 5) is 12.9. The van der Waals surface area contributed by atoms with E-state index in [1.165, 1.54) is 11.9 Å². The molecule has 1 heterocycles. The van der Waals surface area contributed by atoms with E-state index in [9.17, 15) is 0 Å². The third-order valence-corrected chi connectivity index (χ3v) is 3.19. The Morgan fingerprint density at radius 2 is 1.86 bits per heavy atom. The molecule has 1 N–H and O–H groups in total. The van der Waals surface area contributed by atoms with Gasteiger partial charge in [-0.15, -0.1) is 0 Å². The molecule has 0 aliphatic carbocycles. The summed E-state index contributed by atoms with van der Waals surface area (Å²) in [5.41, 5.74) is 2.95. The van der Waals surface area contributed by atoms with E-state index in [2.05, 4.69) is 20.3 Å². The van der Waals surface area contributed by atoms with Crippen LogP contribution in [0, 0.1) is 6.92 Å². The van der Waals surface area contributed by atoms with E-state index in [0.29, 0.717) is 11.8 Å². The molecule has 0 radical (unpaired) electrons. The lowest BCUT2D eigenvalue weighted by molar-refractivity contribution is 0.416. The highest BCUT2D eigenvalue weighted by Crippen LogP contribution is 2.27. The number of hydrogen-bond donors (Lipinski definition) is 1. The number of nitrogens with zero attached hydrogens (tertiary/aromatic N) is 3. The fourth-order valence-electron chi connectivity index (χ4n) is 2.17. The molecule has 5 nitrogen and oxygen atoms in total. The predicted molar refractivity (Wildman–Crippen MR) is 86.3 cm³/mol. The maximum Gasteiger partial charge on any atom is 0.230 e. The fourth-order valence-corrected chi connectivity index (χ4v) is 2.17. The number of ether oxygens (including phenoxy) is 1. The van der Waals surface area contributed by atoms with Gasteiger partial charge in [0.1, 0.15) is 12.1 Å². The van der Waals surface area contributed by atoms with Gasteiger partial charge >= 0.3 is 0 Å². The number of rotatable bonds is 4. The van der Waals surface area contributed by atoms with Crippen LogP contribution in [0.1, 0.15) is 5.56 Å². The van der Waals surface area contributed by atoms with Gasteiger partial charge in [-0.05, 0) is 36.8 Å². The minimum absolute atomic E-state index is 0.501. The molecule has 1 aromatic heterocycles. The lowest BCUT2D eigenvalue weighted by Crippen LogP contribution is -2.00. The molecule has 0 spiro atoms. The Morgan fingerprint density at radius 1 is 1.00 bits per heavy atom. The average Bonchev–Trinajstić information content (AvgIpc) is 2.55. The van der Waals surface area contributed by atoms with Crippen molar-refractivity contribution in [3.8, 4) is 17.1 Å². The molecule has 22 heavy (non-hydrogen) atoms. The van der Waals surface area contributed by atoms with Crippen molar-refractivity contribution >= 4 is 11.6 Å². The van der Waals surface area contributed by atoms with Crippen LogP contribution in [0.5, 0.6) is 5.75 Å². The lowest BCUT2D eigenvalue weighted by atomic mass is 10.2. The van der Waals surface area contributed by atoms with E-state index in [4.69, 9.17) is 4.74 Å². The van der Waals surface area contributed by atoms with Crippen molar-refractivity contribution in [3.05, 3.63) is 60.4 Å². The first-order valence-corrected chi connectivity index (χ1v) is 6.92. The van der Waals surface area contributed by atoms with Crippen LogP contribution in [0.2, 0.25) is 0 Å². The third kappa shape index (κ3) is 3.03. The molecule has 0 bridgehead atoms. The second-order valence-electron chi connectivity index (χ2n) is 4.83. The Labute approximate surface area is 129 Å². The Hall–Kier alpha value is -2.95. The Balaban J connectivity index is 1.93. The van der Waals surface area contributed by atoms with Crippen LogP contribution in [-0.2, 0) is 0 Å². The molecule has 5 heteroatoms. The minimum Gasteiger partial charge on any atom is -0.496 e. The number of aromatic nitrogens is 3. The van der Waals surface area contributed by atoms with Crippen molar-refractivity contribution in [2.75, 3.05) is 12.4 Å². The van der Waals surface area contributed by atoms with Crippen LogP contribution in [0.3, 0.4) is 0 Å². The van der Waals surface area contributed by atoms with Gasteiger partial charge in [0.15, 0.2) is 5.82 Å². The summed E-state index contributed by atoms with van der Waals surface area (Å²) in [6.07, 6.45) is 1.49. The summed E-state index contributed by atoms with van der Waals surface area (Å²) in [6, 6.07) is 15.7. The van der Waals surface area contributed by atoms with Crippen LogP contribution in [0.4, 0.5) is 11.6 Å². The van der Waals surface area contributed by atoms with Crippen LogP contribution in [-0.4, -0.2) is 22.1 Å². The number of aryl methyl sites for hydroxylation is 1. The fraction of sp³-hybridized carbons (Fsp3) is 0.118. The van der Waals surface area contributed by atoms with Gasteiger partial charge in [0, 0.05) is 5.69 Å². The SMILES string of the molecule is COc1ccccc1-c1ncnc(Nc2cccc(C)c2)n1. The van der Waals surface area contributed by atoms with Crippen molar-refractivity contribution < 1.29 is 4.74 Å². The highest BCUT2D eigenvalue weighted by molar-refractivity contribution is 5.65. The van der Waals surface area contributed by atoms with Gasteiger partial charge < -0.3 is 10.1 Å². The van der Waals surface area contributed by atoms with E-state index in [1.54, 1.807) is 7.11 Å². The highest BCUT2D eigenvalue weighted by atomic mass is 16.5. The maximum atomic E-state index is 5.35. The van der Waals surface area contributed by atoms with Crippen molar-refractivity contribution in [1.82, 2.24) is 15.0 Å². The molecular weight excluding hydrogens is 276 g/mol. The van der Waals surface area contributed by atoms with E-state index in [1.807, 2.05) is 55.5 Å². The lowest BCUT2D eigenvalue weighted by Gasteiger charge is -2.09. The summed E-state index contributed by atoms with van der Waals surface area (Å²) in [5, 5.41) is 3.19. The second-order valence-corrected chi connectivity index (χ2v) is 4.83. The van der Waals surface area contributed by atoms with E-state index >= 15 is 0 Å². The van der Waals surface area contributed by atoms with Gasteiger partial charge in [-0.3, -0.25) is 0 Å². The van der Waals surface area contributed by atoms with Crippen LogP contribution >= 0.6 is 0 Å². The molecule has 0 saturated heterocycles. The number of anilines is 2. The van der Waals surface area contributed by atoms with Crippen molar-refractivity contribution in [1.29, 1.82) is 0 Å². The highest BCUT2D eigenvalue weighted by Gasteiger charge is 2.09. The van der Waals surface area contributed by atoms with Gasteiger partial charge in [-0.2, -0.15) is 4.98 Å². The number of para-hydroxylation sites is 1. The number of nitrogens with one attached hydrogen (secondary N) is 1. The molecule has 0 atom stereocenters. The standard InChI is InChI=1S/C17H16N4O/c1-12-6-5-7-13(10-12)20-17-19-11-18-16(21-17)14-8-3-4-9-15(14)22-2/h3-11H,1-2H3,(H,18,19,20,21). The first-order chi connectivity index (χ1) is 10.8. The zero-order chi connectivity index (χ0) is 15.4. The molecule has 0 saturated carbocycles. The third-order valence-electron chi connectivity index (χ3n) is 3.19. The largest absolute Gasteiger partial charge is 0.496 e. The van der Waals surface area contributed by atoms with Gasteiger partial charge in [-0.1, -0.05) is 24.3 Å². The zero-order valence-electron chi connectivity index (χ0n) is 12.4. The van der Waals surface area contributed by atoms with Crippen molar-refractivity contribution in [2.45, 2.75) is 6.92 Å². The topological polar surface area (TPSA) is 59.9 Å². The summed E-state index contributed by atoms with van der Waals surface area (Å²) in [7, 11) is 1.63. The summed E-state index contributed by atoms with van der Waals surface area (Å²) >= 11 is 0. The monoisotopic (exact) mass is 292 g/mol. The Morgan fingerprint density at radius 3 is 2.68 bits per heavy atom. The van der Waals surface area contributed by atoms with Crippen LogP contribution in [0.25, 0.3) is 11.4 Å². The number of benzene rings is 2. The van der Waals surface area contributed by atoms with Crippen LogP contribution in [0.15, 0.2) is 54.9 Å². The molecule has 0 amide bonds. The van der Waals surface area contributed by atoms with Crippen molar-refractivity contribution in [2.24, 2.45) is 0 Å². The Bertz CT molecular complexity index is 789. The average molecular weight is 292 g/mol. The first kappa shape index (κ1) is 14.0. The first-order valence-electron chi connectivity index (χ1n) is 6.92. The Kier molecular flexibility index (Phi) is 3.96. The molecule has 3 aromatic rings. The van der Waals surface area contributed by atoms with Crippen LogP contribution < -0.4 is 10.1 Å². The van der Waals surface area contributed by atoms with E-state index < -0.39 is 0 Å². The predicted octanol–water partition coefficient (Wildman–Crippen LogP) is 3.60. The van der Waals surface area contributed by atoms with Gasteiger partial charge in [0.2, 0.25) is 5.95 Å². The molecule has 110 valence electrons. The van der Waals surface area contributed by atoms with E-state index in [0.717, 1.165) is 17.0 Å². The molecule has 2 aromatic carbocycles. The molecule has 0 unspecified atom stereocenters. The minimum atomic E-state index is 0.501. The number of methoxy groups -OCH3 is 1. The van der Waals surface area contributed by atoms with Gasteiger partial charge in [0.05, 0.1) is 12.7 Å². The van der Waals surface area contributed by atoms with E-state index in [-0.39, 0.29) is 0 Å². The number of hydrogen-bond acceptors (Lipinski definition) is 5. The summed E-state index contributed by atoms with van der Waals surface area (Å²) in [5.74, 6) is 1.80. The van der Waals surface area contributed by atoms with Gasteiger partial charge in [0.25, 0.3) is 0 Å². The molecule has 3 rings (SSSR count). The van der Waals surface area contributed by atoms with Gasteiger partial charge in [-0.25, -0.2) is 9.97 Å². The summed E-state index contributed by atoms with van der Waals surface area (Å²) < 4.78 is 5.35. The second kappa shape index (κ2) is 6.22. The van der Waals surface area contributed by atoms with Crippen molar-refractivity contribution in [3.63, 3.8) is 0 Å². The normalized spacial score (nSPS) is 10.3. The summed E-state index contributed by atoms with van der Waals surface area (Å²) in [6.45, 7) is 2.04. The molecule has 0 aliphatic heterocycles. The quantitative estimate of drug-likeness (QED) is 0.796. The smallest absolute Gasteiger partial charge is 0.230 e.